The SMILES string of the molecule is Nn1c(-c2cnc3ccccc3n2)n[nH]c1=S. The molecular formula is C10H8N6S. The first-order valence-corrected chi connectivity index (χ1v) is 5.31. The van der Waals surface area contributed by atoms with Gasteiger partial charge in [-0.05, 0) is 24.4 Å². The van der Waals surface area contributed by atoms with E-state index in [1.165, 1.54) is 4.68 Å². The molecule has 0 radical (unpaired) electrons. The molecule has 3 N–H and O–H groups in total. The predicted octanol–water partition coefficient (Wildman–Crippen LogP) is 1.26. The van der Waals surface area contributed by atoms with E-state index in [4.69, 9.17) is 18.1 Å². The molecule has 3 rings (SSSR count). The quantitative estimate of drug-likeness (QED) is 0.497. The number of para-hydroxylation sites is 2. The highest BCUT2D eigenvalue weighted by atomic mass is 32.1. The predicted molar refractivity (Wildman–Crippen MR) is 66.1 cm³/mol. The van der Waals surface area contributed by atoms with Crippen molar-refractivity contribution in [3.63, 3.8) is 0 Å². The third-order valence-corrected chi connectivity index (χ3v) is 2.67. The lowest BCUT2D eigenvalue weighted by molar-refractivity contribution is 0.977. The minimum absolute atomic E-state index is 0.343. The second-order valence-corrected chi connectivity index (χ2v) is 3.85. The Bertz CT molecular complexity index is 744. The molecule has 2 heterocycles. The molecule has 0 aliphatic carbocycles. The second kappa shape index (κ2) is 3.63. The molecule has 0 aliphatic rings. The first-order valence-electron chi connectivity index (χ1n) is 4.90. The number of nitrogens with two attached hydrogens (primary N) is 1. The zero-order chi connectivity index (χ0) is 11.8. The van der Waals surface area contributed by atoms with Gasteiger partial charge >= 0.3 is 0 Å². The van der Waals surface area contributed by atoms with Crippen molar-refractivity contribution < 1.29 is 0 Å². The molecule has 0 fully saturated rings. The molecular weight excluding hydrogens is 236 g/mol. The van der Waals surface area contributed by atoms with Gasteiger partial charge in [0.15, 0.2) is 0 Å². The number of nitrogens with zero attached hydrogens (tertiary/aromatic N) is 4. The monoisotopic (exact) mass is 244 g/mol. The van der Waals surface area contributed by atoms with Crippen LogP contribution in [-0.2, 0) is 0 Å². The van der Waals surface area contributed by atoms with Gasteiger partial charge < -0.3 is 5.84 Å². The van der Waals surface area contributed by atoms with Gasteiger partial charge in [-0.15, -0.1) is 0 Å². The lowest BCUT2D eigenvalue weighted by Gasteiger charge is -2.01. The Labute approximate surface area is 101 Å². The molecule has 0 saturated carbocycles. The second-order valence-electron chi connectivity index (χ2n) is 3.47. The summed E-state index contributed by atoms with van der Waals surface area (Å²) < 4.78 is 1.61. The molecule has 7 heteroatoms. The van der Waals surface area contributed by atoms with Crippen LogP contribution in [0, 0.1) is 4.77 Å². The van der Waals surface area contributed by atoms with Gasteiger partial charge in [0.1, 0.15) is 5.69 Å². The molecule has 0 atom stereocenters. The van der Waals surface area contributed by atoms with Crippen LogP contribution in [0.5, 0.6) is 0 Å². The van der Waals surface area contributed by atoms with Crippen LogP contribution in [-0.4, -0.2) is 24.8 Å². The van der Waals surface area contributed by atoms with Crippen molar-refractivity contribution in [3.05, 3.63) is 35.2 Å². The van der Waals surface area contributed by atoms with Crippen molar-refractivity contribution in [1.29, 1.82) is 0 Å². The topological polar surface area (TPSA) is 85.4 Å². The van der Waals surface area contributed by atoms with Gasteiger partial charge in [-0.3, -0.25) is 4.98 Å². The van der Waals surface area contributed by atoms with Crippen molar-refractivity contribution in [2.75, 3.05) is 5.84 Å². The van der Waals surface area contributed by atoms with Crippen LogP contribution in [0.4, 0.5) is 0 Å². The van der Waals surface area contributed by atoms with Crippen LogP contribution < -0.4 is 5.84 Å². The maximum atomic E-state index is 5.73. The highest BCUT2D eigenvalue weighted by Crippen LogP contribution is 2.15. The van der Waals surface area contributed by atoms with Crippen molar-refractivity contribution in [3.8, 4) is 11.5 Å². The fourth-order valence-corrected chi connectivity index (χ4v) is 1.68. The van der Waals surface area contributed by atoms with Crippen molar-refractivity contribution in [2.24, 2.45) is 0 Å². The molecule has 84 valence electrons. The smallest absolute Gasteiger partial charge is 0.214 e. The number of rotatable bonds is 1. The van der Waals surface area contributed by atoms with Gasteiger partial charge in [-0.2, -0.15) is 5.10 Å². The van der Waals surface area contributed by atoms with E-state index in [1.807, 2.05) is 24.3 Å². The summed E-state index contributed by atoms with van der Waals surface area (Å²) in [6, 6.07) is 7.59. The van der Waals surface area contributed by atoms with Crippen molar-refractivity contribution >= 4 is 23.3 Å². The highest BCUT2D eigenvalue weighted by molar-refractivity contribution is 7.71. The first kappa shape index (κ1) is 9.91. The number of nitrogens with one attached hydrogen (secondary N) is 1. The van der Waals surface area contributed by atoms with Crippen LogP contribution in [0.2, 0.25) is 0 Å². The van der Waals surface area contributed by atoms with Crippen LogP contribution >= 0.6 is 12.2 Å². The molecule has 2 aromatic heterocycles. The maximum Gasteiger partial charge on any atom is 0.214 e. The number of aromatic amines is 1. The molecule has 1 aromatic carbocycles. The van der Waals surface area contributed by atoms with Gasteiger partial charge in [0.2, 0.25) is 10.6 Å². The normalized spacial score (nSPS) is 10.8. The third-order valence-electron chi connectivity index (χ3n) is 2.38. The largest absolute Gasteiger partial charge is 0.335 e. The zero-order valence-corrected chi connectivity index (χ0v) is 9.48. The Morgan fingerprint density at radius 1 is 1.24 bits per heavy atom. The number of fused-ring (bicyclic) bond motifs is 1. The summed E-state index contributed by atoms with van der Waals surface area (Å²) in [7, 11) is 0. The van der Waals surface area contributed by atoms with Crippen LogP contribution in [0.25, 0.3) is 22.6 Å². The Balaban J connectivity index is 2.25. The number of hydrogen-bond acceptors (Lipinski definition) is 5. The average Bonchev–Trinajstić information content (AvgIpc) is 2.70. The molecule has 6 nitrogen and oxygen atoms in total. The molecule has 0 spiro atoms. The van der Waals surface area contributed by atoms with Gasteiger partial charge in [0.05, 0.1) is 17.2 Å². The Hall–Kier alpha value is -2.28. The highest BCUT2D eigenvalue weighted by Gasteiger charge is 2.09. The van der Waals surface area contributed by atoms with Crippen molar-refractivity contribution in [1.82, 2.24) is 24.8 Å². The summed E-state index contributed by atoms with van der Waals surface area (Å²) >= 11 is 4.94. The van der Waals surface area contributed by atoms with E-state index in [9.17, 15) is 0 Å². The van der Waals surface area contributed by atoms with Crippen LogP contribution in [0.15, 0.2) is 30.5 Å². The molecule has 0 saturated heterocycles. The van der Waals surface area contributed by atoms with E-state index in [-0.39, 0.29) is 0 Å². The van der Waals surface area contributed by atoms with Crippen LogP contribution in [0.3, 0.4) is 0 Å². The van der Waals surface area contributed by atoms with E-state index in [0.717, 1.165) is 11.0 Å². The number of benzene rings is 1. The summed E-state index contributed by atoms with van der Waals surface area (Å²) in [5.74, 6) is 6.20. The molecule has 17 heavy (non-hydrogen) atoms. The molecule has 0 unspecified atom stereocenters. The molecule has 0 amide bonds. The molecule has 0 bridgehead atoms. The van der Waals surface area contributed by atoms with E-state index in [2.05, 4.69) is 20.2 Å². The lowest BCUT2D eigenvalue weighted by atomic mass is 10.3. The summed E-state index contributed by atoms with van der Waals surface area (Å²) in [6.45, 7) is 0. The van der Waals surface area contributed by atoms with Gasteiger partial charge in [-0.1, -0.05) is 12.1 Å². The molecule has 3 aromatic rings. The third kappa shape index (κ3) is 1.56. The Morgan fingerprint density at radius 2 is 2.00 bits per heavy atom. The van der Waals surface area contributed by atoms with E-state index in [1.54, 1.807) is 6.20 Å². The van der Waals surface area contributed by atoms with Gasteiger partial charge in [0.25, 0.3) is 0 Å². The molecule has 0 aliphatic heterocycles. The van der Waals surface area contributed by atoms with Gasteiger partial charge in [-0.25, -0.2) is 14.8 Å². The first-order chi connectivity index (χ1) is 8.25. The minimum atomic E-state index is 0.343. The summed E-state index contributed by atoms with van der Waals surface area (Å²) in [5, 5.41) is 6.62. The summed E-state index contributed by atoms with van der Waals surface area (Å²) in [6.07, 6.45) is 1.62. The van der Waals surface area contributed by atoms with E-state index < -0.39 is 0 Å². The Kier molecular flexibility index (Phi) is 2.12. The van der Waals surface area contributed by atoms with E-state index in [0.29, 0.717) is 16.3 Å². The average molecular weight is 244 g/mol. The fourth-order valence-electron chi connectivity index (χ4n) is 1.55. The number of hydrogen-bond donors (Lipinski definition) is 2. The fraction of sp³-hybridized carbons (Fsp3) is 0. The summed E-state index contributed by atoms with van der Waals surface area (Å²) in [5.41, 5.74) is 2.20. The van der Waals surface area contributed by atoms with Crippen molar-refractivity contribution in [2.45, 2.75) is 0 Å². The minimum Gasteiger partial charge on any atom is -0.335 e. The standard InChI is InChI=1S/C10H8N6S/c11-16-9(14-15-10(16)17)8-5-12-6-3-1-2-4-7(6)13-8/h1-5H,11H2,(H,15,17). The lowest BCUT2D eigenvalue weighted by Crippen LogP contribution is -2.10. The van der Waals surface area contributed by atoms with Crippen LogP contribution in [0.1, 0.15) is 0 Å². The van der Waals surface area contributed by atoms with Gasteiger partial charge in [0, 0.05) is 0 Å². The zero-order valence-electron chi connectivity index (χ0n) is 8.66. The Morgan fingerprint density at radius 3 is 2.71 bits per heavy atom. The number of H-pyrrole nitrogens is 1. The van der Waals surface area contributed by atoms with E-state index >= 15 is 0 Å². The maximum absolute atomic E-state index is 5.73. The summed E-state index contributed by atoms with van der Waals surface area (Å²) in [4.78, 5) is 8.72. The number of nitrogen functional groups attached to an aromatic ring is 1. The number of aromatic nitrogens is 5.